The minimum Gasteiger partial charge on any atom is -0.456 e. The summed E-state index contributed by atoms with van der Waals surface area (Å²) in [5, 5.41) is 16.9. The highest BCUT2D eigenvalue weighted by molar-refractivity contribution is 6.31. The van der Waals surface area contributed by atoms with Gasteiger partial charge in [0.2, 0.25) is 0 Å². The predicted octanol–water partition coefficient (Wildman–Crippen LogP) is 5.94. The van der Waals surface area contributed by atoms with Gasteiger partial charge in [0.15, 0.2) is 0 Å². The van der Waals surface area contributed by atoms with Gasteiger partial charge in [-0.3, -0.25) is 9.48 Å². The lowest BCUT2D eigenvalue weighted by atomic mass is 10.1. The molecule has 1 N–H and O–H groups in total. The number of esters is 1. The van der Waals surface area contributed by atoms with Gasteiger partial charge in [-0.2, -0.15) is 5.10 Å². The van der Waals surface area contributed by atoms with Crippen LogP contribution in [0, 0.1) is 20.8 Å². The van der Waals surface area contributed by atoms with Gasteiger partial charge in [0.05, 0.1) is 41.4 Å². The van der Waals surface area contributed by atoms with Crippen molar-refractivity contribution in [1.29, 1.82) is 0 Å². The van der Waals surface area contributed by atoms with Crippen LogP contribution in [-0.4, -0.2) is 53.4 Å². The molecule has 3 heterocycles. The molecule has 11 heteroatoms. The highest BCUT2D eigenvalue weighted by Gasteiger charge is 2.33. The Morgan fingerprint density at radius 3 is 2.56 bits per heavy atom. The van der Waals surface area contributed by atoms with Gasteiger partial charge < -0.3 is 14.6 Å². The molecule has 0 atom stereocenters. The molecule has 0 aliphatic heterocycles. The van der Waals surface area contributed by atoms with E-state index >= 15 is 0 Å². The summed E-state index contributed by atoms with van der Waals surface area (Å²) < 4.78 is 11.3. The molecule has 5 rings (SSSR count). The van der Waals surface area contributed by atoms with Crippen molar-refractivity contribution >= 4 is 23.5 Å². The number of amides is 1. The molecule has 1 saturated carbocycles. The fourth-order valence-electron chi connectivity index (χ4n) is 5.16. The summed E-state index contributed by atoms with van der Waals surface area (Å²) in [5.74, 6) is -0.0816. The number of hydrogen-bond donors (Lipinski definition) is 1. The molecule has 43 heavy (non-hydrogen) atoms. The second kappa shape index (κ2) is 12.4. The average Bonchev–Trinajstić information content (AvgIpc) is 3.40. The van der Waals surface area contributed by atoms with Gasteiger partial charge in [-0.1, -0.05) is 22.9 Å². The largest absolute Gasteiger partial charge is 0.456 e. The Morgan fingerprint density at radius 1 is 1.09 bits per heavy atom. The first-order chi connectivity index (χ1) is 20.4. The summed E-state index contributed by atoms with van der Waals surface area (Å²) in [7, 11) is 0. The van der Waals surface area contributed by atoms with Crippen molar-refractivity contribution in [2.24, 2.45) is 0 Å². The maximum Gasteiger partial charge on any atom is 0.340 e. The van der Waals surface area contributed by atoms with Crippen molar-refractivity contribution in [1.82, 2.24) is 34.7 Å². The summed E-state index contributed by atoms with van der Waals surface area (Å²) >= 11 is 6.35. The van der Waals surface area contributed by atoms with Crippen LogP contribution in [0.15, 0.2) is 36.7 Å². The van der Waals surface area contributed by atoms with Crippen LogP contribution >= 0.6 is 11.6 Å². The van der Waals surface area contributed by atoms with Crippen molar-refractivity contribution in [2.75, 3.05) is 6.54 Å². The zero-order valence-corrected chi connectivity index (χ0v) is 26.5. The van der Waals surface area contributed by atoms with Gasteiger partial charge in [-0.25, -0.2) is 9.48 Å². The zero-order chi connectivity index (χ0) is 30.9. The highest BCUT2D eigenvalue weighted by atomic mass is 35.5. The molecule has 0 radical (unpaired) electrons. The van der Waals surface area contributed by atoms with E-state index in [9.17, 15) is 9.59 Å². The predicted molar refractivity (Wildman–Crippen MR) is 165 cm³/mol. The van der Waals surface area contributed by atoms with Crippen LogP contribution in [0.4, 0.5) is 0 Å². The Morgan fingerprint density at radius 2 is 1.86 bits per heavy atom. The molecule has 228 valence electrons. The molecule has 1 fully saturated rings. The van der Waals surface area contributed by atoms with E-state index in [4.69, 9.17) is 16.3 Å². The lowest BCUT2D eigenvalue weighted by Gasteiger charge is -2.19. The summed E-state index contributed by atoms with van der Waals surface area (Å²) in [5.41, 5.74) is 6.09. The Bertz CT molecular complexity index is 1640. The Balaban J connectivity index is 1.12. The second-order valence-corrected chi connectivity index (χ2v) is 12.8. The number of aromatic nitrogens is 6. The standard InChI is InChI=1S/C32H40ClN7O3/c1-20-9-12-25(16-28(20)33)40-29(23-10-11-23)27(17-35-40)30(41)34-13-7-8-14-38-18-24(36-37-38)19-39-21(2)15-26(22(39)3)31(42)43-32(4,5)6/h9,12,15-18,23H,7-8,10-11,13-14,19H2,1-6H3,(H,34,41). The van der Waals surface area contributed by atoms with Crippen LogP contribution in [0.5, 0.6) is 0 Å². The molecule has 0 spiro atoms. The molecule has 0 unspecified atom stereocenters. The third kappa shape index (κ3) is 7.18. The number of halogens is 1. The van der Waals surface area contributed by atoms with Gasteiger partial charge in [0, 0.05) is 35.4 Å². The summed E-state index contributed by atoms with van der Waals surface area (Å²) in [6.45, 7) is 13.2. The van der Waals surface area contributed by atoms with Gasteiger partial charge in [-0.05, 0) is 91.0 Å². The van der Waals surface area contributed by atoms with Gasteiger partial charge in [-0.15, -0.1) is 5.10 Å². The average molecular weight is 606 g/mol. The maximum atomic E-state index is 13.1. The molecule has 1 aromatic carbocycles. The van der Waals surface area contributed by atoms with Crippen LogP contribution in [0.25, 0.3) is 5.69 Å². The van der Waals surface area contributed by atoms with Gasteiger partial charge >= 0.3 is 5.97 Å². The molecular formula is C32H40ClN7O3. The first kappa shape index (κ1) is 30.5. The summed E-state index contributed by atoms with van der Waals surface area (Å²) in [6, 6.07) is 7.71. The summed E-state index contributed by atoms with van der Waals surface area (Å²) in [4.78, 5) is 25.7. The number of carbonyl (C=O) groups is 2. The number of unbranched alkanes of at least 4 members (excludes halogenated alkanes) is 1. The molecular weight excluding hydrogens is 566 g/mol. The number of hydrogen-bond acceptors (Lipinski definition) is 6. The second-order valence-electron chi connectivity index (χ2n) is 12.4. The van der Waals surface area contributed by atoms with Crippen molar-refractivity contribution in [3.8, 4) is 5.69 Å². The Kier molecular flexibility index (Phi) is 8.78. The minimum absolute atomic E-state index is 0.0994. The van der Waals surface area contributed by atoms with Crippen molar-refractivity contribution in [3.05, 3.63) is 81.1 Å². The van der Waals surface area contributed by atoms with Crippen molar-refractivity contribution in [3.63, 3.8) is 0 Å². The highest BCUT2D eigenvalue weighted by Crippen LogP contribution is 2.42. The van der Waals surface area contributed by atoms with E-state index in [0.29, 0.717) is 41.7 Å². The first-order valence-electron chi connectivity index (χ1n) is 14.8. The van der Waals surface area contributed by atoms with E-state index < -0.39 is 5.60 Å². The third-order valence-corrected chi connectivity index (χ3v) is 8.02. The van der Waals surface area contributed by atoms with Crippen molar-refractivity contribution in [2.45, 2.75) is 91.8 Å². The number of ether oxygens (including phenoxy) is 1. The quantitative estimate of drug-likeness (QED) is 0.168. The molecule has 0 bridgehead atoms. The van der Waals surface area contributed by atoms with E-state index in [-0.39, 0.29) is 11.9 Å². The number of benzene rings is 1. The number of rotatable bonds is 11. The van der Waals surface area contributed by atoms with E-state index in [1.807, 2.05) is 81.4 Å². The number of nitrogens with zero attached hydrogens (tertiary/aromatic N) is 6. The Hall–Kier alpha value is -3.92. The van der Waals surface area contributed by atoms with Crippen molar-refractivity contribution < 1.29 is 14.3 Å². The molecule has 1 amide bonds. The van der Waals surface area contributed by atoms with Crippen LogP contribution < -0.4 is 5.32 Å². The molecule has 4 aromatic rings. The van der Waals surface area contributed by atoms with Crippen LogP contribution in [0.3, 0.4) is 0 Å². The van der Waals surface area contributed by atoms with E-state index in [1.54, 1.807) is 6.20 Å². The lowest BCUT2D eigenvalue weighted by Crippen LogP contribution is -2.25. The normalized spacial score (nSPS) is 13.4. The summed E-state index contributed by atoms with van der Waals surface area (Å²) in [6.07, 6.45) is 7.34. The SMILES string of the molecule is Cc1ccc(-n2ncc(C(=O)NCCCCn3cc(Cn4c(C)cc(C(=O)OC(C)(C)C)c4C)nn3)c2C2CC2)cc1Cl. The number of aryl methyl sites for hydroxylation is 3. The fourth-order valence-corrected chi connectivity index (χ4v) is 5.34. The van der Waals surface area contributed by atoms with Crippen LogP contribution in [0.1, 0.15) is 101 Å². The van der Waals surface area contributed by atoms with Crippen LogP contribution in [0.2, 0.25) is 5.02 Å². The molecule has 3 aromatic heterocycles. The third-order valence-electron chi connectivity index (χ3n) is 7.61. The molecule has 0 saturated heterocycles. The van der Waals surface area contributed by atoms with E-state index in [0.717, 1.165) is 59.7 Å². The van der Waals surface area contributed by atoms with Gasteiger partial charge in [0.25, 0.3) is 5.91 Å². The number of nitrogens with one attached hydrogen (secondary N) is 1. The minimum atomic E-state index is -0.551. The first-order valence-corrected chi connectivity index (χ1v) is 15.2. The number of carbonyl (C=O) groups excluding carboxylic acids is 2. The van der Waals surface area contributed by atoms with E-state index in [2.05, 4.69) is 25.3 Å². The topological polar surface area (TPSA) is 109 Å². The Labute approximate surface area is 257 Å². The lowest BCUT2D eigenvalue weighted by molar-refractivity contribution is 0.00685. The molecule has 1 aliphatic carbocycles. The van der Waals surface area contributed by atoms with Crippen LogP contribution in [-0.2, 0) is 17.8 Å². The monoisotopic (exact) mass is 605 g/mol. The zero-order valence-electron chi connectivity index (χ0n) is 25.8. The molecule has 10 nitrogen and oxygen atoms in total. The van der Waals surface area contributed by atoms with Gasteiger partial charge in [0.1, 0.15) is 11.3 Å². The fraction of sp³-hybridized carbons (Fsp3) is 0.469. The maximum absolute atomic E-state index is 13.1. The van der Waals surface area contributed by atoms with E-state index in [1.165, 1.54) is 0 Å². The smallest absolute Gasteiger partial charge is 0.340 e. The molecule has 1 aliphatic rings.